The van der Waals surface area contributed by atoms with Gasteiger partial charge < -0.3 is 0 Å². The first-order valence-corrected chi connectivity index (χ1v) is 5.79. The summed E-state index contributed by atoms with van der Waals surface area (Å²) in [6.07, 6.45) is 7.69. The van der Waals surface area contributed by atoms with Crippen LogP contribution in [-0.4, -0.2) is 6.26 Å². The minimum Gasteiger partial charge on any atom is -0.134 e. The van der Waals surface area contributed by atoms with E-state index in [0.29, 0.717) is 0 Å². The summed E-state index contributed by atoms with van der Waals surface area (Å²) in [4.78, 5) is 1.64. The van der Waals surface area contributed by atoms with Crippen molar-refractivity contribution in [1.82, 2.24) is 0 Å². The van der Waals surface area contributed by atoms with Gasteiger partial charge in [0.2, 0.25) is 0 Å². The molecule has 0 radical (unpaired) electrons. The number of allylic oxidation sites excluding steroid dienone is 2. The normalized spacial score (nSPS) is 17.5. The van der Waals surface area contributed by atoms with Crippen LogP contribution in [0.2, 0.25) is 0 Å². The summed E-state index contributed by atoms with van der Waals surface area (Å²) in [5.41, 5.74) is 1.63. The quantitative estimate of drug-likeness (QED) is 0.570. The summed E-state index contributed by atoms with van der Waals surface area (Å²) in [5.74, 6) is 0. The third-order valence-corrected chi connectivity index (χ3v) is 2.97. The van der Waals surface area contributed by atoms with Gasteiger partial charge in [0, 0.05) is 0 Å². The highest BCUT2D eigenvalue weighted by atomic mass is 32.2. The molecule has 66 valence electrons. The Morgan fingerprint density at radius 2 is 1.64 bits per heavy atom. The lowest BCUT2D eigenvalue weighted by Crippen LogP contribution is -1.92. The van der Waals surface area contributed by atoms with Crippen molar-refractivity contribution in [3.05, 3.63) is 10.5 Å². The van der Waals surface area contributed by atoms with Crippen LogP contribution < -0.4 is 0 Å². The van der Waals surface area contributed by atoms with Crippen molar-refractivity contribution in [1.29, 1.82) is 0 Å². The van der Waals surface area contributed by atoms with Gasteiger partial charge in [-0.2, -0.15) is 0 Å². The topological polar surface area (TPSA) is 0 Å². The van der Waals surface area contributed by atoms with Crippen molar-refractivity contribution in [2.45, 2.75) is 46.5 Å². The molecule has 0 amide bonds. The molecule has 1 aliphatic carbocycles. The maximum Gasteiger partial charge on any atom is -0.0140 e. The van der Waals surface area contributed by atoms with Gasteiger partial charge in [0.15, 0.2) is 0 Å². The first-order chi connectivity index (χ1) is 5.34. The second kappa shape index (κ2) is 6.78. The average Bonchev–Trinajstić information content (AvgIpc) is 2.09. The van der Waals surface area contributed by atoms with Crippen molar-refractivity contribution in [2.24, 2.45) is 0 Å². The van der Waals surface area contributed by atoms with E-state index in [0.717, 1.165) is 0 Å². The first kappa shape index (κ1) is 11.1. The smallest absolute Gasteiger partial charge is 0.0140 e. The molecule has 0 saturated carbocycles. The Morgan fingerprint density at radius 3 is 2.00 bits per heavy atom. The summed E-state index contributed by atoms with van der Waals surface area (Å²) >= 11 is 1.93. The van der Waals surface area contributed by atoms with Gasteiger partial charge in [-0.15, -0.1) is 11.8 Å². The summed E-state index contributed by atoms with van der Waals surface area (Å²) in [7, 11) is 0. The van der Waals surface area contributed by atoms with Crippen LogP contribution in [0.1, 0.15) is 46.5 Å². The summed E-state index contributed by atoms with van der Waals surface area (Å²) < 4.78 is 0. The molecule has 0 spiro atoms. The average molecular weight is 172 g/mol. The van der Waals surface area contributed by atoms with Crippen LogP contribution in [0.25, 0.3) is 0 Å². The molecule has 0 aromatic rings. The van der Waals surface area contributed by atoms with E-state index in [4.69, 9.17) is 0 Å². The lowest BCUT2D eigenvalue weighted by molar-refractivity contribution is 0.695. The molecule has 0 heterocycles. The Hall–Kier alpha value is 0.0900. The zero-order chi connectivity index (χ0) is 8.69. The van der Waals surface area contributed by atoms with Gasteiger partial charge in [0.25, 0.3) is 0 Å². The highest BCUT2D eigenvalue weighted by molar-refractivity contribution is 8.02. The van der Waals surface area contributed by atoms with Crippen LogP contribution in [0.3, 0.4) is 0 Å². The van der Waals surface area contributed by atoms with Gasteiger partial charge in [-0.05, 0) is 43.8 Å². The summed E-state index contributed by atoms with van der Waals surface area (Å²) in [5, 5.41) is 0. The van der Waals surface area contributed by atoms with Crippen molar-refractivity contribution in [3.8, 4) is 0 Å². The van der Waals surface area contributed by atoms with Crippen LogP contribution in [0, 0.1) is 0 Å². The lowest BCUT2D eigenvalue weighted by Gasteiger charge is -2.14. The van der Waals surface area contributed by atoms with E-state index >= 15 is 0 Å². The number of hydrogen-bond acceptors (Lipinski definition) is 1. The van der Waals surface area contributed by atoms with E-state index in [1.165, 1.54) is 25.7 Å². The maximum absolute atomic E-state index is 2.27. The Bertz CT molecular complexity index is 125. The Kier molecular flexibility index (Phi) is 6.83. The van der Waals surface area contributed by atoms with Gasteiger partial charge in [-0.3, -0.25) is 0 Å². The third-order valence-electron chi connectivity index (χ3n) is 1.93. The molecule has 0 saturated heterocycles. The van der Waals surface area contributed by atoms with Crippen molar-refractivity contribution in [2.75, 3.05) is 6.26 Å². The van der Waals surface area contributed by atoms with E-state index in [1.807, 2.05) is 25.6 Å². The highest BCUT2D eigenvalue weighted by Gasteiger charge is 2.06. The number of thioether (sulfide) groups is 1. The fraction of sp³-hybridized carbons (Fsp3) is 0.800. The van der Waals surface area contributed by atoms with Crippen LogP contribution in [0.4, 0.5) is 0 Å². The number of hydrogen-bond donors (Lipinski definition) is 0. The zero-order valence-electron chi connectivity index (χ0n) is 8.24. The minimum absolute atomic E-state index is 1.34. The standard InChI is InChI=1S/C8H14S.C2H6/c1-7-5-3-4-6-8(7)9-2;1-2/h3-6H2,1-2H3;1-2H3. The SMILES string of the molecule is CC.CSC1=C(C)CCCC1. The van der Waals surface area contributed by atoms with Crippen molar-refractivity contribution < 1.29 is 0 Å². The molecule has 0 N–H and O–H groups in total. The van der Waals surface area contributed by atoms with Gasteiger partial charge in [0.05, 0.1) is 0 Å². The van der Waals surface area contributed by atoms with Crippen LogP contribution in [-0.2, 0) is 0 Å². The predicted molar refractivity (Wildman–Crippen MR) is 56.0 cm³/mol. The van der Waals surface area contributed by atoms with E-state index in [-0.39, 0.29) is 0 Å². The Balaban J connectivity index is 0.000000461. The summed E-state index contributed by atoms with van der Waals surface area (Å²) in [6, 6.07) is 0. The molecular formula is C10H20S. The maximum atomic E-state index is 2.27. The second-order valence-corrected chi connectivity index (χ2v) is 3.52. The van der Waals surface area contributed by atoms with Gasteiger partial charge in [-0.1, -0.05) is 19.4 Å². The molecule has 11 heavy (non-hydrogen) atoms. The van der Waals surface area contributed by atoms with Gasteiger partial charge in [-0.25, -0.2) is 0 Å². The molecule has 1 aliphatic rings. The minimum atomic E-state index is 1.34. The molecule has 0 unspecified atom stereocenters. The zero-order valence-corrected chi connectivity index (χ0v) is 9.05. The van der Waals surface area contributed by atoms with Crippen LogP contribution in [0.15, 0.2) is 10.5 Å². The molecule has 1 rings (SSSR count). The molecular weight excluding hydrogens is 152 g/mol. The molecule has 0 aromatic heterocycles. The second-order valence-electron chi connectivity index (χ2n) is 2.61. The van der Waals surface area contributed by atoms with Gasteiger partial charge in [0.1, 0.15) is 0 Å². The highest BCUT2D eigenvalue weighted by Crippen LogP contribution is 2.30. The molecule has 0 aliphatic heterocycles. The molecule has 0 nitrogen and oxygen atoms in total. The Labute approximate surface area is 75.5 Å². The van der Waals surface area contributed by atoms with E-state index in [2.05, 4.69) is 13.2 Å². The molecule has 1 heteroatoms. The van der Waals surface area contributed by atoms with Crippen LogP contribution in [0.5, 0.6) is 0 Å². The predicted octanol–water partition coefficient (Wildman–Crippen LogP) is 4.22. The molecule has 0 fully saturated rings. The molecule has 0 atom stereocenters. The monoisotopic (exact) mass is 172 g/mol. The van der Waals surface area contributed by atoms with Crippen LogP contribution >= 0.6 is 11.8 Å². The Morgan fingerprint density at radius 1 is 1.09 bits per heavy atom. The summed E-state index contributed by atoms with van der Waals surface area (Å²) in [6.45, 7) is 6.27. The van der Waals surface area contributed by atoms with E-state index in [9.17, 15) is 0 Å². The van der Waals surface area contributed by atoms with Gasteiger partial charge >= 0.3 is 0 Å². The van der Waals surface area contributed by atoms with Crippen molar-refractivity contribution in [3.63, 3.8) is 0 Å². The third kappa shape index (κ3) is 3.85. The number of rotatable bonds is 1. The van der Waals surface area contributed by atoms with E-state index in [1.54, 1.807) is 10.5 Å². The fourth-order valence-corrected chi connectivity index (χ4v) is 2.10. The largest absolute Gasteiger partial charge is 0.134 e. The lowest BCUT2D eigenvalue weighted by atomic mass is 10.0. The fourth-order valence-electron chi connectivity index (χ4n) is 1.30. The molecule has 0 aromatic carbocycles. The van der Waals surface area contributed by atoms with Crippen molar-refractivity contribution >= 4 is 11.8 Å². The van der Waals surface area contributed by atoms with E-state index < -0.39 is 0 Å². The first-order valence-electron chi connectivity index (χ1n) is 4.57. The molecule has 0 bridgehead atoms.